The second kappa shape index (κ2) is 7.21. The second-order valence-electron chi connectivity index (χ2n) is 4.76. The third-order valence-electron chi connectivity index (χ3n) is 2.53. The summed E-state index contributed by atoms with van der Waals surface area (Å²) in [5.41, 5.74) is 0.717. The maximum Gasteiger partial charge on any atom is 0.401 e. The average Bonchev–Trinajstić information content (AvgIpc) is 2.72. The first-order chi connectivity index (χ1) is 8.81. The van der Waals surface area contributed by atoms with Crippen LogP contribution >= 0.6 is 11.3 Å². The number of nitrogens with one attached hydrogen (secondary N) is 1. The van der Waals surface area contributed by atoms with Gasteiger partial charge in [-0.05, 0) is 7.05 Å². The van der Waals surface area contributed by atoms with Crippen LogP contribution in [0.25, 0.3) is 0 Å². The van der Waals surface area contributed by atoms with E-state index in [9.17, 15) is 13.2 Å². The molecule has 0 saturated heterocycles. The highest BCUT2D eigenvalue weighted by Gasteiger charge is 2.30. The average molecular weight is 295 g/mol. The highest BCUT2D eigenvalue weighted by Crippen LogP contribution is 2.22. The number of thiazole rings is 1. The lowest BCUT2D eigenvalue weighted by molar-refractivity contribution is -0.147. The van der Waals surface area contributed by atoms with Crippen molar-refractivity contribution in [2.75, 3.05) is 26.7 Å². The molecule has 3 nitrogen and oxygen atoms in total. The third-order valence-corrected chi connectivity index (χ3v) is 3.72. The van der Waals surface area contributed by atoms with E-state index in [1.165, 1.54) is 16.2 Å². The van der Waals surface area contributed by atoms with Crippen molar-refractivity contribution in [1.29, 1.82) is 0 Å². The highest BCUT2D eigenvalue weighted by atomic mass is 32.1. The Kier molecular flexibility index (Phi) is 6.22. The van der Waals surface area contributed by atoms with Crippen molar-refractivity contribution in [3.05, 3.63) is 16.1 Å². The lowest BCUT2D eigenvalue weighted by atomic mass is 10.2. The van der Waals surface area contributed by atoms with Gasteiger partial charge >= 0.3 is 6.18 Å². The van der Waals surface area contributed by atoms with Gasteiger partial charge in [-0.3, -0.25) is 4.90 Å². The fourth-order valence-corrected chi connectivity index (χ4v) is 2.45. The zero-order valence-corrected chi connectivity index (χ0v) is 12.2. The molecule has 7 heteroatoms. The maximum atomic E-state index is 12.5. The summed E-state index contributed by atoms with van der Waals surface area (Å²) in [6.07, 6.45) is -4.18. The molecule has 1 heterocycles. The summed E-state index contributed by atoms with van der Waals surface area (Å²) in [5, 5.41) is 5.68. The first-order valence-corrected chi connectivity index (χ1v) is 7.08. The molecule has 110 valence electrons. The molecule has 1 aromatic heterocycles. The van der Waals surface area contributed by atoms with Crippen LogP contribution in [0, 0.1) is 0 Å². The van der Waals surface area contributed by atoms with E-state index in [-0.39, 0.29) is 6.54 Å². The Morgan fingerprint density at radius 3 is 2.58 bits per heavy atom. The van der Waals surface area contributed by atoms with Crippen LogP contribution in [0.2, 0.25) is 0 Å². The van der Waals surface area contributed by atoms with Gasteiger partial charge < -0.3 is 5.32 Å². The predicted molar refractivity (Wildman–Crippen MR) is 71.5 cm³/mol. The van der Waals surface area contributed by atoms with Gasteiger partial charge in [0.25, 0.3) is 0 Å². The molecule has 0 bridgehead atoms. The van der Waals surface area contributed by atoms with Crippen molar-refractivity contribution >= 4 is 11.3 Å². The SMILES string of the molecule is CNCCN(Cc1csc(C(C)C)n1)CC(F)(F)F. The Hall–Kier alpha value is -0.660. The molecule has 1 rings (SSSR count). The van der Waals surface area contributed by atoms with Crippen LogP contribution in [-0.2, 0) is 6.54 Å². The molecule has 0 aliphatic carbocycles. The van der Waals surface area contributed by atoms with Gasteiger partial charge in [0.05, 0.1) is 17.2 Å². The number of likely N-dealkylation sites (N-methyl/N-ethyl adjacent to an activating group) is 1. The topological polar surface area (TPSA) is 28.2 Å². The van der Waals surface area contributed by atoms with Crippen molar-refractivity contribution in [3.8, 4) is 0 Å². The van der Waals surface area contributed by atoms with E-state index < -0.39 is 12.7 Å². The van der Waals surface area contributed by atoms with Crippen molar-refractivity contribution in [3.63, 3.8) is 0 Å². The molecule has 0 spiro atoms. The van der Waals surface area contributed by atoms with Crippen molar-refractivity contribution in [2.24, 2.45) is 0 Å². The maximum absolute atomic E-state index is 12.5. The molecular weight excluding hydrogens is 275 g/mol. The molecule has 19 heavy (non-hydrogen) atoms. The van der Waals surface area contributed by atoms with Crippen molar-refractivity contribution in [1.82, 2.24) is 15.2 Å². The van der Waals surface area contributed by atoms with E-state index in [4.69, 9.17) is 0 Å². The van der Waals surface area contributed by atoms with E-state index in [2.05, 4.69) is 10.3 Å². The minimum Gasteiger partial charge on any atom is -0.318 e. The van der Waals surface area contributed by atoms with E-state index in [1.54, 1.807) is 7.05 Å². The van der Waals surface area contributed by atoms with Crippen molar-refractivity contribution < 1.29 is 13.2 Å². The molecule has 0 fully saturated rings. The number of nitrogens with zero attached hydrogens (tertiary/aromatic N) is 2. The molecule has 0 unspecified atom stereocenters. The molecular formula is C12H20F3N3S. The standard InChI is InChI=1S/C12H20F3N3S/c1-9(2)11-17-10(7-19-11)6-18(5-4-16-3)8-12(13,14)15/h7,9,16H,4-6,8H2,1-3H3. The molecule has 1 aromatic rings. The predicted octanol–water partition coefficient (Wildman–Crippen LogP) is 2.85. The van der Waals surface area contributed by atoms with Crippen LogP contribution in [0.3, 0.4) is 0 Å². The van der Waals surface area contributed by atoms with Gasteiger partial charge in [-0.25, -0.2) is 4.98 Å². The normalized spacial score (nSPS) is 12.6. The van der Waals surface area contributed by atoms with Crippen LogP contribution in [0.1, 0.15) is 30.5 Å². The smallest absolute Gasteiger partial charge is 0.318 e. The Labute approximate surface area is 115 Å². The summed E-state index contributed by atoms with van der Waals surface area (Å²) in [6.45, 7) is 4.27. The van der Waals surface area contributed by atoms with Crippen molar-refractivity contribution in [2.45, 2.75) is 32.5 Å². The summed E-state index contributed by atoms with van der Waals surface area (Å²) in [7, 11) is 1.73. The Balaban J connectivity index is 2.64. The monoisotopic (exact) mass is 295 g/mol. The number of alkyl halides is 3. The third kappa shape index (κ3) is 6.35. The molecule has 0 aliphatic rings. The fraction of sp³-hybridized carbons (Fsp3) is 0.750. The van der Waals surface area contributed by atoms with Gasteiger partial charge in [0.2, 0.25) is 0 Å². The zero-order chi connectivity index (χ0) is 14.5. The van der Waals surface area contributed by atoms with E-state index in [0.29, 0.717) is 24.7 Å². The lowest BCUT2D eigenvalue weighted by Crippen LogP contribution is -2.37. The number of rotatable bonds is 7. The van der Waals surface area contributed by atoms with Gasteiger partial charge in [0.15, 0.2) is 0 Å². The van der Waals surface area contributed by atoms with Gasteiger partial charge in [-0.2, -0.15) is 13.2 Å². The first-order valence-electron chi connectivity index (χ1n) is 6.20. The number of halogens is 3. The molecule has 1 N–H and O–H groups in total. The first kappa shape index (κ1) is 16.4. The van der Waals surface area contributed by atoms with Gasteiger partial charge in [0, 0.05) is 30.9 Å². The molecule has 0 atom stereocenters. The van der Waals surface area contributed by atoms with Gasteiger partial charge in [-0.1, -0.05) is 13.8 Å². The summed E-state index contributed by atoms with van der Waals surface area (Å²) in [4.78, 5) is 5.75. The zero-order valence-electron chi connectivity index (χ0n) is 11.4. The number of hydrogen-bond donors (Lipinski definition) is 1. The summed E-state index contributed by atoms with van der Waals surface area (Å²) < 4.78 is 37.5. The van der Waals surface area contributed by atoms with Crippen LogP contribution < -0.4 is 5.32 Å². The van der Waals surface area contributed by atoms with E-state index >= 15 is 0 Å². The fourth-order valence-electron chi connectivity index (χ4n) is 1.63. The Morgan fingerprint density at radius 1 is 1.42 bits per heavy atom. The molecule has 0 saturated carbocycles. The van der Waals surface area contributed by atoms with Crippen LogP contribution in [0.15, 0.2) is 5.38 Å². The number of hydrogen-bond acceptors (Lipinski definition) is 4. The molecule has 0 aromatic carbocycles. The van der Waals surface area contributed by atoms with Crippen LogP contribution in [-0.4, -0.2) is 42.7 Å². The lowest BCUT2D eigenvalue weighted by Gasteiger charge is -2.22. The molecule has 0 radical (unpaired) electrons. The number of aromatic nitrogens is 1. The van der Waals surface area contributed by atoms with Crippen LogP contribution in [0.5, 0.6) is 0 Å². The highest BCUT2D eigenvalue weighted by molar-refractivity contribution is 7.09. The van der Waals surface area contributed by atoms with Gasteiger partial charge in [0.1, 0.15) is 0 Å². The summed E-state index contributed by atoms with van der Waals surface area (Å²) in [6, 6.07) is 0. The van der Waals surface area contributed by atoms with Gasteiger partial charge in [-0.15, -0.1) is 11.3 Å². The molecule has 0 amide bonds. The minimum atomic E-state index is -4.18. The largest absolute Gasteiger partial charge is 0.401 e. The Bertz CT molecular complexity index is 377. The quantitative estimate of drug-likeness (QED) is 0.838. The summed E-state index contributed by atoms with van der Waals surface area (Å²) in [5.74, 6) is 0.312. The Morgan fingerprint density at radius 2 is 2.11 bits per heavy atom. The minimum absolute atomic E-state index is 0.240. The van der Waals surface area contributed by atoms with E-state index in [0.717, 1.165) is 5.01 Å². The van der Waals surface area contributed by atoms with Crippen LogP contribution in [0.4, 0.5) is 13.2 Å². The molecule has 0 aliphatic heterocycles. The second-order valence-corrected chi connectivity index (χ2v) is 5.65. The van der Waals surface area contributed by atoms with E-state index in [1.807, 2.05) is 19.2 Å². The summed E-state index contributed by atoms with van der Waals surface area (Å²) >= 11 is 1.51.